The molecule has 2 N–H and O–H groups in total. The fourth-order valence-corrected chi connectivity index (χ4v) is 3.73. The summed E-state index contributed by atoms with van der Waals surface area (Å²) < 4.78 is 7.99. The standard InChI is InChI=1S/C20H20N6O4S/c1-13-15(6-10-30-13)18(28)23-19-22-14(12-31-19)11-17(27)21-7-4-9-26-20(29)25-8-3-2-5-16(25)24-26/h2-3,5-6,8,10,12H,4,7,9,11H2,1H3,(H,21,27)(H,22,23,28). The normalized spacial score (nSPS) is 11.0. The van der Waals surface area contributed by atoms with Crippen molar-refractivity contribution in [2.75, 3.05) is 11.9 Å². The Morgan fingerprint density at radius 3 is 2.90 bits per heavy atom. The van der Waals surface area contributed by atoms with Gasteiger partial charge in [-0.05, 0) is 31.5 Å². The zero-order chi connectivity index (χ0) is 21.8. The molecule has 0 spiro atoms. The second-order valence-electron chi connectivity index (χ2n) is 6.80. The minimum absolute atomic E-state index is 0.103. The third kappa shape index (κ3) is 4.72. The fraction of sp³-hybridized carbons (Fsp3) is 0.250. The molecule has 0 aliphatic heterocycles. The van der Waals surface area contributed by atoms with E-state index in [-0.39, 0.29) is 23.9 Å². The number of aromatic nitrogens is 4. The third-order valence-corrected chi connectivity index (χ3v) is 5.38. The number of pyridine rings is 1. The number of anilines is 1. The molecule has 0 bridgehead atoms. The van der Waals surface area contributed by atoms with Gasteiger partial charge in [-0.1, -0.05) is 6.07 Å². The summed E-state index contributed by atoms with van der Waals surface area (Å²) in [7, 11) is 0. The van der Waals surface area contributed by atoms with Gasteiger partial charge in [0.25, 0.3) is 5.91 Å². The van der Waals surface area contributed by atoms with Crippen molar-refractivity contribution in [1.82, 2.24) is 24.5 Å². The van der Waals surface area contributed by atoms with Crippen LogP contribution >= 0.6 is 11.3 Å². The van der Waals surface area contributed by atoms with E-state index < -0.39 is 0 Å². The summed E-state index contributed by atoms with van der Waals surface area (Å²) in [5.74, 6) is 0.0366. The van der Waals surface area contributed by atoms with Crippen LogP contribution in [0.4, 0.5) is 5.13 Å². The molecule has 0 aliphatic rings. The second kappa shape index (κ2) is 8.96. The highest BCUT2D eigenvalue weighted by molar-refractivity contribution is 7.14. The highest BCUT2D eigenvalue weighted by Crippen LogP contribution is 2.18. The predicted molar refractivity (Wildman–Crippen MR) is 114 cm³/mol. The molecule has 4 heterocycles. The number of hydrogen-bond acceptors (Lipinski definition) is 7. The number of fused-ring (bicyclic) bond motifs is 1. The Bertz CT molecular complexity index is 1280. The van der Waals surface area contributed by atoms with Gasteiger partial charge in [-0.2, -0.15) is 0 Å². The summed E-state index contributed by atoms with van der Waals surface area (Å²) in [6, 6.07) is 6.95. The van der Waals surface area contributed by atoms with Gasteiger partial charge in [0.15, 0.2) is 10.8 Å². The molecule has 4 rings (SSSR count). The predicted octanol–water partition coefficient (Wildman–Crippen LogP) is 1.86. The Kier molecular flexibility index (Phi) is 5.94. The van der Waals surface area contributed by atoms with Crippen LogP contribution in [0.1, 0.15) is 28.2 Å². The number of nitrogens with one attached hydrogen (secondary N) is 2. The molecule has 160 valence electrons. The maximum absolute atomic E-state index is 12.2. The lowest BCUT2D eigenvalue weighted by molar-refractivity contribution is -0.120. The van der Waals surface area contributed by atoms with Gasteiger partial charge in [-0.25, -0.2) is 14.5 Å². The number of thiazole rings is 1. The zero-order valence-electron chi connectivity index (χ0n) is 16.7. The molecule has 0 saturated heterocycles. The van der Waals surface area contributed by atoms with Gasteiger partial charge in [0, 0.05) is 24.7 Å². The molecule has 0 saturated carbocycles. The topological polar surface area (TPSA) is 124 Å². The van der Waals surface area contributed by atoms with E-state index in [9.17, 15) is 14.4 Å². The maximum atomic E-state index is 12.2. The summed E-state index contributed by atoms with van der Waals surface area (Å²) >= 11 is 1.25. The van der Waals surface area contributed by atoms with E-state index in [2.05, 4.69) is 20.7 Å². The minimum Gasteiger partial charge on any atom is -0.469 e. The number of carbonyl (C=O) groups excluding carboxylic acids is 2. The van der Waals surface area contributed by atoms with Crippen LogP contribution in [0.2, 0.25) is 0 Å². The van der Waals surface area contributed by atoms with Crippen LogP contribution in [-0.2, 0) is 17.8 Å². The average Bonchev–Trinajstić information content (AvgIpc) is 3.45. The Morgan fingerprint density at radius 2 is 2.13 bits per heavy atom. The molecule has 11 heteroatoms. The van der Waals surface area contributed by atoms with Gasteiger partial charge < -0.3 is 9.73 Å². The van der Waals surface area contributed by atoms with Crippen LogP contribution in [0.15, 0.2) is 51.3 Å². The summed E-state index contributed by atoms with van der Waals surface area (Å²) in [4.78, 5) is 40.8. The first-order chi connectivity index (χ1) is 15.0. The number of furan rings is 1. The van der Waals surface area contributed by atoms with E-state index in [0.29, 0.717) is 47.3 Å². The van der Waals surface area contributed by atoms with Crippen LogP contribution in [0.3, 0.4) is 0 Å². The van der Waals surface area contributed by atoms with E-state index in [4.69, 9.17) is 4.42 Å². The number of carbonyl (C=O) groups is 2. The van der Waals surface area contributed by atoms with Gasteiger partial charge in [-0.3, -0.25) is 19.3 Å². The molecule has 2 amide bonds. The van der Waals surface area contributed by atoms with E-state index in [1.165, 1.54) is 26.7 Å². The van der Waals surface area contributed by atoms with Crippen LogP contribution in [0.5, 0.6) is 0 Å². The monoisotopic (exact) mass is 440 g/mol. The van der Waals surface area contributed by atoms with Gasteiger partial charge in [0.05, 0.1) is 23.9 Å². The van der Waals surface area contributed by atoms with Crippen molar-refractivity contribution < 1.29 is 14.0 Å². The first-order valence-corrected chi connectivity index (χ1v) is 10.5. The number of rotatable bonds is 8. The van der Waals surface area contributed by atoms with Gasteiger partial charge in [0.1, 0.15) is 5.76 Å². The average molecular weight is 440 g/mol. The van der Waals surface area contributed by atoms with Crippen LogP contribution in [0.25, 0.3) is 5.65 Å². The van der Waals surface area contributed by atoms with Crippen molar-refractivity contribution in [1.29, 1.82) is 0 Å². The molecule has 0 aromatic carbocycles. The largest absolute Gasteiger partial charge is 0.469 e. The lowest BCUT2D eigenvalue weighted by Crippen LogP contribution is -2.28. The van der Waals surface area contributed by atoms with Crippen molar-refractivity contribution in [2.24, 2.45) is 0 Å². The molecule has 0 fully saturated rings. The molecule has 4 aromatic rings. The summed E-state index contributed by atoms with van der Waals surface area (Å²) in [5, 5.41) is 11.9. The minimum atomic E-state index is -0.307. The van der Waals surface area contributed by atoms with E-state index in [1.807, 2.05) is 6.07 Å². The van der Waals surface area contributed by atoms with Crippen LogP contribution in [-0.4, -0.2) is 37.5 Å². The molecule has 10 nitrogen and oxygen atoms in total. The Hall–Kier alpha value is -3.73. The molecule has 0 atom stereocenters. The Labute approximate surface area is 180 Å². The summed E-state index contributed by atoms with van der Waals surface area (Å²) in [5.41, 5.74) is 1.40. The van der Waals surface area contributed by atoms with Gasteiger partial charge in [0.2, 0.25) is 5.91 Å². The Morgan fingerprint density at radius 1 is 1.26 bits per heavy atom. The number of nitrogens with zero attached hydrogens (tertiary/aromatic N) is 4. The van der Waals surface area contributed by atoms with Crippen molar-refractivity contribution in [3.8, 4) is 0 Å². The van der Waals surface area contributed by atoms with Crippen molar-refractivity contribution in [2.45, 2.75) is 26.3 Å². The third-order valence-electron chi connectivity index (χ3n) is 4.57. The number of aryl methyl sites for hydroxylation is 2. The molecular formula is C20H20N6O4S. The lowest BCUT2D eigenvalue weighted by Gasteiger charge is -2.04. The fourth-order valence-electron chi connectivity index (χ4n) is 3.03. The van der Waals surface area contributed by atoms with Gasteiger partial charge >= 0.3 is 5.69 Å². The summed E-state index contributed by atoms with van der Waals surface area (Å²) in [6.07, 6.45) is 3.79. The number of hydrogen-bond donors (Lipinski definition) is 2. The quantitative estimate of drug-likeness (QED) is 0.403. The first kappa shape index (κ1) is 20.5. The summed E-state index contributed by atoms with van der Waals surface area (Å²) in [6.45, 7) is 2.52. The zero-order valence-corrected chi connectivity index (χ0v) is 17.5. The molecular weight excluding hydrogens is 420 g/mol. The molecule has 31 heavy (non-hydrogen) atoms. The lowest BCUT2D eigenvalue weighted by atomic mass is 10.2. The highest BCUT2D eigenvalue weighted by Gasteiger charge is 2.14. The van der Waals surface area contributed by atoms with Crippen molar-refractivity contribution in [3.63, 3.8) is 0 Å². The van der Waals surface area contributed by atoms with Crippen molar-refractivity contribution >= 4 is 33.9 Å². The van der Waals surface area contributed by atoms with E-state index in [0.717, 1.165) is 0 Å². The van der Waals surface area contributed by atoms with Gasteiger partial charge in [-0.15, -0.1) is 16.4 Å². The Balaban J connectivity index is 1.23. The highest BCUT2D eigenvalue weighted by atomic mass is 32.1. The van der Waals surface area contributed by atoms with E-state index >= 15 is 0 Å². The SMILES string of the molecule is Cc1occc1C(=O)Nc1nc(CC(=O)NCCCn2nc3ccccn3c2=O)cs1. The van der Waals surface area contributed by atoms with E-state index in [1.54, 1.807) is 36.7 Å². The molecule has 0 unspecified atom stereocenters. The molecule has 0 radical (unpaired) electrons. The maximum Gasteiger partial charge on any atom is 0.350 e. The second-order valence-corrected chi connectivity index (χ2v) is 7.66. The van der Waals surface area contributed by atoms with Crippen molar-refractivity contribution in [3.05, 3.63) is 69.6 Å². The smallest absolute Gasteiger partial charge is 0.350 e. The molecule has 4 aromatic heterocycles. The van der Waals surface area contributed by atoms with Crippen LogP contribution < -0.4 is 16.3 Å². The number of amides is 2. The van der Waals surface area contributed by atoms with Crippen LogP contribution in [0, 0.1) is 6.92 Å². The first-order valence-electron chi connectivity index (χ1n) is 9.62. The molecule has 0 aliphatic carbocycles.